The first-order valence-electron chi connectivity index (χ1n) is 23.0. The van der Waals surface area contributed by atoms with Crippen molar-refractivity contribution in [2.24, 2.45) is 0 Å². The van der Waals surface area contributed by atoms with Gasteiger partial charge in [-0.2, -0.15) is 0 Å². The molecule has 6 nitrogen and oxygen atoms in total. The quantitative estimate of drug-likeness (QED) is 0.143. The van der Waals surface area contributed by atoms with E-state index in [1.54, 1.807) is 0 Å². The van der Waals surface area contributed by atoms with Gasteiger partial charge in [0.2, 0.25) is 0 Å². The van der Waals surface area contributed by atoms with Gasteiger partial charge in [-0.3, -0.25) is 0 Å². The van der Waals surface area contributed by atoms with Gasteiger partial charge in [-0.1, -0.05) is 65.8 Å². The number of aromatic nitrogens is 2. The van der Waals surface area contributed by atoms with E-state index in [-0.39, 0.29) is 24.8 Å². The Morgan fingerprint density at radius 1 is 0.422 bits per heavy atom. The van der Waals surface area contributed by atoms with Gasteiger partial charge in [0.05, 0.1) is 33.8 Å². The zero-order chi connectivity index (χ0) is 44.2. The van der Waals surface area contributed by atoms with E-state index in [2.05, 4.69) is 199 Å². The molecule has 8 heteroatoms. The van der Waals surface area contributed by atoms with Crippen molar-refractivity contribution < 1.29 is 9.47 Å². The molecular weight excluding hydrogens is 782 g/mol. The first-order valence-corrected chi connectivity index (χ1v) is 23.0. The Morgan fingerprint density at radius 3 is 1.22 bits per heavy atom. The average Bonchev–Trinajstić information content (AvgIpc) is 3.90. The molecule has 4 aliphatic heterocycles. The summed E-state index contributed by atoms with van der Waals surface area (Å²) in [4.78, 5) is 5.07. The number of fused-ring (bicyclic) bond motifs is 20. The molecule has 0 saturated heterocycles. The third-order valence-corrected chi connectivity index (χ3v) is 15.2. The number of hydrogen-bond donors (Lipinski definition) is 0. The molecule has 0 bridgehead atoms. The van der Waals surface area contributed by atoms with Crippen LogP contribution in [0.3, 0.4) is 0 Å². The predicted molar refractivity (Wildman–Crippen MR) is 270 cm³/mol. The van der Waals surface area contributed by atoms with Crippen LogP contribution in [0.4, 0.5) is 22.7 Å². The van der Waals surface area contributed by atoms with E-state index in [1.165, 1.54) is 88.4 Å². The number of rotatable bonds is 0. The van der Waals surface area contributed by atoms with Crippen molar-refractivity contribution in [2.45, 2.75) is 93.9 Å². The van der Waals surface area contributed by atoms with Crippen LogP contribution in [-0.4, -0.2) is 22.9 Å². The van der Waals surface area contributed by atoms with Gasteiger partial charge in [0.1, 0.15) is 23.0 Å². The molecule has 0 spiro atoms. The average molecular weight is 835 g/mol. The molecule has 13 rings (SSSR count). The monoisotopic (exact) mass is 834 g/mol. The fourth-order valence-electron chi connectivity index (χ4n) is 11.6. The molecule has 4 aliphatic rings. The molecule has 314 valence electrons. The van der Waals surface area contributed by atoms with E-state index in [0.29, 0.717) is 0 Å². The maximum Gasteiger partial charge on any atom is 0.424 e. The molecule has 2 aromatic heterocycles. The van der Waals surface area contributed by atoms with Crippen molar-refractivity contribution in [1.29, 1.82) is 0 Å². The molecule has 0 radical (unpaired) electrons. The second-order valence-corrected chi connectivity index (χ2v) is 21.4. The Bertz CT molecular complexity index is 3400. The number of anilines is 4. The number of nitrogens with zero attached hydrogens (tertiary/aromatic N) is 4. The van der Waals surface area contributed by atoms with E-state index < -0.39 is 0 Å². The van der Waals surface area contributed by atoms with Gasteiger partial charge in [-0.15, -0.1) is 0 Å². The largest absolute Gasteiger partial charge is 0.456 e. The van der Waals surface area contributed by atoms with Crippen LogP contribution in [0.1, 0.15) is 86.1 Å². The Hall–Kier alpha value is -6.53. The first kappa shape index (κ1) is 38.0. The third kappa shape index (κ3) is 4.78. The normalized spacial score (nSPS) is 14.7. The first-order chi connectivity index (χ1) is 30.5. The minimum absolute atomic E-state index is 0.0130. The SMILES string of the molecule is Cc1ccc2c(c1)Oc1cc3c(cc1B1N2c2cc(C)c(C)c4c5cc(C(C)(C)C)ccc5n1c24)Oc1cc(C)ccc1N1B3n2c3ccc(C(C)(C)C)cc3c3c(C)c(C)cc1c32. The Balaban J connectivity index is 1.14. The summed E-state index contributed by atoms with van der Waals surface area (Å²) in [6, 6.07) is 37.1. The van der Waals surface area contributed by atoms with Crippen LogP contribution < -0.4 is 30.0 Å². The van der Waals surface area contributed by atoms with E-state index in [9.17, 15) is 0 Å². The molecule has 9 aromatic rings. The van der Waals surface area contributed by atoms with Crippen molar-refractivity contribution in [2.75, 3.05) is 9.62 Å². The van der Waals surface area contributed by atoms with Crippen LogP contribution in [-0.2, 0) is 10.8 Å². The van der Waals surface area contributed by atoms with Crippen molar-refractivity contribution in [3.63, 3.8) is 0 Å². The van der Waals surface area contributed by atoms with Gasteiger partial charge < -0.3 is 28.1 Å². The summed E-state index contributed by atoms with van der Waals surface area (Å²) < 4.78 is 19.9. The van der Waals surface area contributed by atoms with Crippen LogP contribution in [0.5, 0.6) is 23.0 Å². The van der Waals surface area contributed by atoms with Gasteiger partial charge in [-0.25, -0.2) is 0 Å². The highest BCUT2D eigenvalue weighted by molar-refractivity contribution is 6.83. The standard InChI is InChI=1S/C56H52B2N4O2/c1-29-13-17-43-49(21-29)63-47-27-40-48(28-39(47)57-59(43)45-23-31(3)33(5)51-37-25-35(55(7,8)9)15-19-41(37)61(57)53(45)51)64-50-22-30(2)14-18-44(50)60-46-24-32(4)34(6)52-38-26-36(56(10,11)12)16-20-42(38)62(54(46)52)58(40)60/h13-28H,1-12H3. The van der Waals surface area contributed by atoms with Crippen molar-refractivity contribution >= 4 is 91.3 Å². The fourth-order valence-corrected chi connectivity index (χ4v) is 11.6. The number of ether oxygens (including phenoxy) is 2. The van der Waals surface area contributed by atoms with Crippen molar-refractivity contribution in [3.05, 3.63) is 142 Å². The summed E-state index contributed by atoms with van der Waals surface area (Å²) in [6.45, 7) is 26.8. The molecule has 64 heavy (non-hydrogen) atoms. The second kappa shape index (κ2) is 12.2. The molecule has 0 fully saturated rings. The van der Waals surface area contributed by atoms with Gasteiger partial charge in [0.15, 0.2) is 0 Å². The second-order valence-electron chi connectivity index (χ2n) is 21.4. The number of aryl methyl sites for hydroxylation is 6. The lowest BCUT2D eigenvalue weighted by atomic mass is 9.61. The van der Waals surface area contributed by atoms with Crippen LogP contribution in [0, 0.1) is 41.5 Å². The number of hydrogen-bond acceptors (Lipinski definition) is 4. The molecule has 6 heterocycles. The summed E-state index contributed by atoms with van der Waals surface area (Å²) >= 11 is 0. The molecule has 0 atom stereocenters. The molecule has 7 aromatic carbocycles. The van der Waals surface area contributed by atoms with E-state index in [4.69, 9.17) is 9.47 Å². The zero-order valence-electron chi connectivity index (χ0n) is 39.0. The minimum atomic E-state index is -0.234. The maximum absolute atomic E-state index is 7.36. The van der Waals surface area contributed by atoms with Crippen molar-refractivity contribution in [3.8, 4) is 23.0 Å². The van der Waals surface area contributed by atoms with E-state index >= 15 is 0 Å². The Kier molecular flexibility index (Phi) is 7.22. The topological polar surface area (TPSA) is 34.8 Å². The summed E-state index contributed by atoms with van der Waals surface area (Å²) in [7, 11) is 0. The van der Waals surface area contributed by atoms with Gasteiger partial charge >= 0.3 is 14.0 Å². The molecule has 0 unspecified atom stereocenters. The smallest absolute Gasteiger partial charge is 0.424 e. The Morgan fingerprint density at radius 2 is 0.828 bits per heavy atom. The summed E-state index contributed by atoms with van der Waals surface area (Å²) in [6.07, 6.45) is 0. The summed E-state index contributed by atoms with van der Waals surface area (Å²) in [5, 5.41) is 5.27. The van der Waals surface area contributed by atoms with Gasteiger partial charge in [0, 0.05) is 43.5 Å². The fraction of sp³-hybridized carbons (Fsp3) is 0.250. The molecular formula is C56H52B2N4O2. The summed E-state index contributed by atoms with van der Waals surface area (Å²) in [5.74, 6) is 3.40. The highest BCUT2D eigenvalue weighted by atomic mass is 16.5. The van der Waals surface area contributed by atoms with Crippen LogP contribution in [0.15, 0.2) is 97.1 Å². The van der Waals surface area contributed by atoms with Gasteiger partial charge in [0.25, 0.3) is 0 Å². The third-order valence-electron chi connectivity index (χ3n) is 15.2. The molecule has 0 aliphatic carbocycles. The lowest BCUT2D eigenvalue weighted by Gasteiger charge is -2.27. The maximum atomic E-state index is 7.36. The van der Waals surface area contributed by atoms with Crippen LogP contribution >= 0.6 is 0 Å². The molecule has 0 N–H and O–H groups in total. The molecule has 0 saturated carbocycles. The highest BCUT2D eigenvalue weighted by Gasteiger charge is 2.49. The minimum Gasteiger partial charge on any atom is -0.456 e. The lowest BCUT2D eigenvalue weighted by molar-refractivity contribution is 0.478. The number of benzene rings is 7. The van der Waals surface area contributed by atoms with E-state index in [0.717, 1.165) is 56.4 Å². The highest BCUT2D eigenvalue weighted by Crippen LogP contribution is 2.54. The van der Waals surface area contributed by atoms with Crippen LogP contribution in [0.25, 0.3) is 43.6 Å². The lowest BCUT2D eigenvalue weighted by Crippen LogP contribution is -2.51. The predicted octanol–water partition coefficient (Wildman–Crippen LogP) is 13.3. The van der Waals surface area contributed by atoms with Crippen LogP contribution in [0.2, 0.25) is 0 Å². The van der Waals surface area contributed by atoms with Crippen molar-refractivity contribution in [1.82, 2.24) is 8.96 Å². The van der Waals surface area contributed by atoms with Gasteiger partial charge in [-0.05, 0) is 170 Å². The van der Waals surface area contributed by atoms with E-state index in [1.807, 2.05) is 0 Å². The summed E-state index contributed by atoms with van der Waals surface area (Å²) in [5.41, 5.74) is 21.9. The Labute approximate surface area is 376 Å². The molecule has 0 amide bonds. The zero-order valence-corrected chi connectivity index (χ0v) is 39.0.